The Hall–Kier alpha value is -2.49. The van der Waals surface area contributed by atoms with Gasteiger partial charge in [-0.15, -0.1) is 11.3 Å². The molecule has 0 saturated carbocycles. The molecular formula is C20H26F3N5OS. The lowest BCUT2D eigenvalue weighted by Crippen LogP contribution is -2.40. The van der Waals surface area contributed by atoms with Crippen molar-refractivity contribution in [3.63, 3.8) is 0 Å². The summed E-state index contributed by atoms with van der Waals surface area (Å²) in [5.74, 6) is 1.87. The molecule has 1 fully saturated rings. The van der Waals surface area contributed by atoms with Crippen LogP contribution in [0.5, 0.6) is 5.75 Å². The molecule has 6 nitrogen and oxygen atoms in total. The number of aliphatic imine (C=N–C) groups is 1. The molecule has 0 amide bonds. The lowest BCUT2D eigenvalue weighted by molar-refractivity contribution is -0.140. The number of thiazole rings is 1. The average Bonchev–Trinajstić information content (AvgIpc) is 3.39. The minimum Gasteiger partial charge on any atom is -0.495 e. The van der Waals surface area contributed by atoms with Gasteiger partial charge in [-0.3, -0.25) is 0 Å². The predicted molar refractivity (Wildman–Crippen MR) is 113 cm³/mol. The van der Waals surface area contributed by atoms with E-state index in [0.717, 1.165) is 54.2 Å². The summed E-state index contributed by atoms with van der Waals surface area (Å²) in [4.78, 5) is 10.3. The van der Waals surface area contributed by atoms with Crippen LogP contribution in [-0.4, -0.2) is 44.2 Å². The van der Waals surface area contributed by atoms with Gasteiger partial charge in [0.25, 0.3) is 0 Å². The van der Waals surface area contributed by atoms with Gasteiger partial charge < -0.3 is 20.3 Å². The summed E-state index contributed by atoms with van der Waals surface area (Å²) in [6, 6.07) is 7.97. The highest BCUT2D eigenvalue weighted by Gasteiger charge is 2.33. The number of hydrogen-bond donors (Lipinski definition) is 2. The normalized spacial score (nSPS) is 17.3. The second kappa shape index (κ2) is 10.0. The summed E-state index contributed by atoms with van der Waals surface area (Å²) >= 11 is 0.969. The van der Waals surface area contributed by atoms with Crippen LogP contribution < -0.4 is 20.3 Å². The monoisotopic (exact) mass is 441 g/mol. The Morgan fingerprint density at radius 2 is 2.13 bits per heavy atom. The van der Waals surface area contributed by atoms with Gasteiger partial charge in [-0.2, -0.15) is 13.2 Å². The van der Waals surface area contributed by atoms with Gasteiger partial charge in [0.1, 0.15) is 10.8 Å². The third kappa shape index (κ3) is 5.78. The number of hydrogen-bond acceptors (Lipinski definition) is 5. The number of rotatable bonds is 7. The minimum absolute atomic E-state index is 0.105. The topological polar surface area (TPSA) is 61.8 Å². The van der Waals surface area contributed by atoms with Crippen molar-refractivity contribution in [3.05, 3.63) is 40.3 Å². The molecule has 1 aromatic heterocycles. The maximum atomic E-state index is 12.7. The van der Waals surface area contributed by atoms with E-state index < -0.39 is 11.9 Å². The van der Waals surface area contributed by atoms with Crippen LogP contribution in [0.1, 0.15) is 24.0 Å². The summed E-state index contributed by atoms with van der Waals surface area (Å²) < 4.78 is 43.5. The smallest absolute Gasteiger partial charge is 0.434 e. The average molecular weight is 442 g/mol. The van der Waals surface area contributed by atoms with Crippen molar-refractivity contribution < 1.29 is 17.9 Å². The van der Waals surface area contributed by atoms with Crippen LogP contribution in [0.15, 0.2) is 34.6 Å². The van der Waals surface area contributed by atoms with Crippen LogP contribution in [0.25, 0.3) is 0 Å². The Balaban J connectivity index is 1.54. The van der Waals surface area contributed by atoms with E-state index in [9.17, 15) is 13.2 Å². The number of benzene rings is 1. The van der Waals surface area contributed by atoms with Crippen LogP contribution in [0.4, 0.5) is 18.9 Å². The summed E-state index contributed by atoms with van der Waals surface area (Å²) in [6.07, 6.45) is -3.39. The zero-order chi connectivity index (χ0) is 21.6. The minimum atomic E-state index is -4.42. The number of halogens is 3. The van der Waals surface area contributed by atoms with Gasteiger partial charge in [-0.25, -0.2) is 9.98 Å². The lowest BCUT2D eigenvalue weighted by Gasteiger charge is -2.21. The number of anilines is 1. The van der Waals surface area contributed by atoms with E-state index in [0.29, 0.717) is 23.4 Å². The number of nitrogens with zero attached hydrogens (tertiary/aromatic N) is 3. The first-order chi connectivity index (χ1) is 14.4. The Kier molecular flexibility index (Phi) is 7.41. The maximum Gasteiger partial charge on any atom is 0.434 e. The van der Waals surface area contributed by atoms with Gasteiger partial charge in [0, 0.05) is 31.6 Å². The third-order valence-electron chi connectivity index (χ3n) is 4.83. The second-order valence-corrected chi connectivity index (χ2v) is 7.92. The van der Waals surface area contributed by atoms with Crippen LogP contribution in [0.2, 0.25) is 0 Å². The Labute approximate surface area is 178 Å². The highest BCUT2D eigenvalue weighted by atomic mass is 32.1. The highest BCUT2D eigenvalue weighted by molar-refractivity contribution is 7.09. The van der Waals surface area contributed by atoms with Crippen molar-refractivity contribution in [2.45, 2.75) is 26.1 Å². The van der Waals surface area contributed by atoms with Crippen LogP contribution >= 0.6 is 11.3 Å². The van der Waals surface area contributed by atoms with Gasteiger partial charge in [-0.05, 0) is 31.4 Å². The number of guanidine groups is 1. The van der Waals surface area contributed by atoms with Gasteiger partial charge in [0.2, 0.25) is 0 Å². The fourth-order valence-corrected chi connectivity index (χ4v) is 4.08. The molecule has 0 bridgehead atoms. The molecule has 1 aliphatic heterocycles. The van der Waals surface area contributed by atoms with Gasteiger partial charge >= 0.3 is 6.18 Å². The van der Waals surface area contributed by atoms with Gasteiger partial charge in [-0.1, -0.05) is 12.1 Å². The van der Waals surface area contributed by atoms with E-state index >= 15 is 0 Å². The molecule has 30 heavy (non-hydrogen) atoms. The summed E-state index contributed by atoms with van der Waals surface area (Å²) in [5, 5.41) is 7.80. The molecular weight excluding hydrogens is 415 g/mol. The van der Waals surface area contributed by atoms with Gasteiger partial charge in [0.05, 0.1) is 19.3 Å². The van der Waals surface area contributed by atoms with Crippen molar-refractivity contribution in [2.24, 2.45) is 10.9 Å². The van der Waals surface area contributed by atoms with Crippen LogP contribution in [0.3, 0.4) is 0 Å². The largest absolute Gasteiger partial charge is 0.495 e. The zero-order valence-corrected chi connectivity index (χ0v) is 17.8. The Morgan fingerprint density at radius 3 is 2.83 bits per heavy atom. The number of nitrogens with one attached hydrogen (secondary N) is 2. The highest BCUT2D eigenvalue weighted by Crippen LogP contribution is 2.32. The molecule has 3 rings (SSSR count). The second-order valence-electron chi connectivity index (χ2n) is 6.97. The van der Waals surface area contributed by atoms with E-state index in [1.807, 2.05) is 25.1 Å². The maximum absolute atomic E-state index is 12.7. The molecule has 1 aliphatic rings. The van der Waals surface area contributed by atoms with Crippen molar-refractivity contribution in [1.82, 2.24) is 15.6 Å². The molecule has 2 heterocycles. The molecule has 164 valence electrons. The number of ether oxygens (including phenoxy) is 1. The van der Waals surface area contributed by atoms with E-state index in [1.165, 1.54) is 0 Å². The lowest BCUT2D eigenvalue weighted by atomic mass is 10.1. The van der Waals surface area contributed by atoms with E-state index in [-0.39, 0.29) is 6.54 Å². The molecule has 1 atom stereocenters. The number of aromatic nitrogens is 1. The molecule has 1 aromatic carbocycles. The molecule has 0 aliphatic carbocycles. The predicted octanol–water partition coefficient (Wildman–Crippen LogP) is 3.75. The molecule has 0 radical (unpaired) electrons. The quantitative estimate of drug-likeness (QED) is 0.506. The van der Waals surface area contributed by atoms with Crippen LogP contribution in [-0.2, 0) is 12.7 Å². The number of alkyl halides is 3. The first-order valence-electron chi connectivity index (χ1n) is 9.82. The number of para-hydroxylation sites is 2. The fourth-order valence-electron chi connectivity index (χ4n) is 3.35. The Bertz CT molecular complexity index is 855. The third-order valence-corrected chi connectivity index (χ3v) is 5.66. The molecule has 1 unspecified atom stereocenters. The first-order valence-corrected chi connectivity index (χ1v) is 10.7. The standard InChI is InChI=1S/C20H26F3N5OS/c1-3-24-19(26-11-18-27-17(13-30-18)20(21,22)23)25-10-14-8-9-28(12-14)15-6-4-5-7-16(15)29-2/h4-7,13-14H,3,8-12H2,1-2H3,(H2,24,25,26). The Morgan fingerprint density at radius 1 is 1.33 bits per heavy atom. The zero-order valence-electron chi connectivity index (χ0n) is 17.0. The van der Waals surface area contributed by atoms with Crippen molar-refractivity contribution in [1.29, 1.82) is 0 Å². The molecule has 10 heteroatoms. The van der Waals surface area contributed by atoms with E-state index in [2.05, 4.69) is 31.6 Å². The summed E-state index contributed by atoms with van der Waals surface area (Å²) in [6.45, 7) is 5.28. The van der Waals surface area contributed by atoms with Crippen molar-refractivity contribution in [2.75, 3.05) is 38.2 Å². The summed E-state index contributed by atoms with van der Waals surface area (Å²) in [7, 11) is 1.67. The molecule has 0 spiro atoms. The number of methoxy groups -OCH3 is 1. The van der Waals surface area contributed by atoms with Crippen LogP contribution in [0, 0.1) is 5.92 Å². The first kappa shape index (κ1) is 22.2. The molecule has 2 aromatic rings. The summed E-state index contributed by atoms with van der Waals surface area (Å²) in [5.41, 5.74) is 0.227. The van der Waals surface area contributed by atoms with E-state index in [4.69, 9.17) is 4.74 Å². The van der Waals surface area contributed by atoms with Crippen molar-refractivity contribution in [3.8, 4) is 5.75 Å². The SMILES string of the molecule is CCNC(=NCc1nc(C(F)(F)F)cs1)NCC1CCN(c2ccccc2OC)C1. The van der Waals surface area contributed by atoms with Gasteiger partial charge in [0.15, 0.2) is 11.7 Å². The van der Waals surface area contributed by atoms with Crippen molar-refractivity contribution >= 4 is 23.0 Å². The molecule has 1 saturated heterocycles. The fraction of sp³-hybridized carbons (Fsp3) is 0.500. The molecule has 2 N–H and O–H groups in total. The van der Waals surface area contributed by atoms with E-state index in [1.54, 1.807) is 7.11 Å².